The number of anilines is 2. The molecule has 0 aliphatic heterocycles. The number of aromatic nitrogens is 6. The normalized spacial score (nSPS) is 10.9. The number of hydrogen-bond acceptors (Lipinski definition) is 6. The molecule has 118 valence electrons. The van der Waals surface area contributed by atoms with Gasteiger partial charge in [0.1, 0.15) is 5.82 Å². The summed E-state index contributed by atoms with van der Waals surface area (Å²) in [5.41, 5.74) is 4.65. The molecular formula is C17H15N7. The van der Waals surface area contributed by atoms with Crippen molar-refractivity contribution in [2.45, 2.75) is 6.92 Å². The average molecular weight is 317 g/mol. The summed E-state index contributed by atoms with van der Waals surface area (Å²) in [4.78, 5) is 9.11. The number of nitrogens with zero attached hydrogens (tertiary/aromatic N) is 6. The third-order valence-electron chi connectivity index (χ3n) is 3.74. The van der Waals surface area contributed by atoms with Crippen LogP contribution in [0.3, 0.4) is 0 Å². The highest BCUT2D eigenvalue weighted by Gasteiger charge is 2.06. The van der Waals surface area contributed by atoms with Crippen molar-refractivity contribution in [2.75, 3.05) is 5.32 Å². The van der Waals surface area contributed by atoms with Gasteiger partial charge in [-0.3, -0.25) is 9.67 Å². The Morgan fingerprint density at radius 3 is 2.75 bits per heavy atom. The molecule has 0 spiro atoms. The minimum atomic E-state index is 0.695. The molecule has 0 aromatic carbocycles. The van der Waals surface area contributed by atoms with E-state index >= 15 is 0 Å². The third kappa shape index (κ3) is 2.67. The van der Waals surface area contributed by atoms with E-state index in [4.69, 9.17) is 0 Å². The highest BCUT2D eigenvalue weighted by atomic mass is 15.2. The van der Waals surface area contributed by atoms with Crippen molar-refractivity contribution in [2.24, 2.45) is 7.05 Å². The quantitative estimate of drug-likeness (QED) is 0.626. The smallest absolute Gasteiger partial charge is 0.157 e. The van der Waals surface area contributed by atoms with E-state index in [0.717, 1.165) is 27.7 Å². The number of fused-ring (bicyclic) bond motifs is 1. The Morgan fingerprint density at radius 1 is 1.04 bits per heavy atom. The zero-order chi connectivity index (χ0) is 16.5. The van der Waals surface area contributed by atoms with E-state index < -0.39 is 0 Å². The van der Waals surface area contributed by atoms with E-state index in [0.29, 0.717) is 11.6 Å². The second-order valence-corrected chi connectivity index (χ2v) is 5.55. The predicted octanol–water partition coefficient (Wildman–Crippen LogP) is 2.87. The van der Waals surface area contributed by atoms with Crippen molar-refractivity contribution in [1.82, 2.24) is 29.9 Å². The van der Waals surface area contributed by atoms with E-state index in [-0.39, 0.29) is 0 Å². The summed E-state index contributed by atoms with van der Waals surface area (Å²) in [6.45, 7) is 1.97. The van der Waals surface area contributed by atoms with E-state index in [1.165, 1.54) is 0 Å². The first-order valence-corrected chi connectivity index (χ1v) is 7.50. The molecule has 4 rings (SSSR count). The van der Waals surface area contributed by atoms with Gasteiger partial charge in [0.15, 0.2) is 5.82 Å². The summed E-state index contributed by atoms with van der Waals surface area (Å²) in [5.74, 6) is 1.40. The van der Waals surface area contributed by atoms with Crippen molar-refractivity contribution >= 4 is 22.7 Å². The molecule has 4 aromatic rings. The van der Waals surface area contributed by atoms with Gasteiger partial charge in [0.2, 0.25) is 0 Å². The molecule has 4 heterocycles. The van der Waals surface area contributed by atoms with Crippen LogP contribution in [0, 0.1) is 6.92 Å². The van der Waals surface area contributed by atoms with Crippen molar-refractivity contribution in [3.63, 3.8) is 0 Å². The van der Waals surface area contributed by atoms with Crippen molar-refractivity contribution < 1.29 is 0 Å². The van der Waals surface area contributed by atoms with E-state index in [2.05, 4.69) is 30.6 Å². The Hall–Kier alpha value is -3.35. The van der Waals surface area contributed by atoms with Crippen LogP contribution in [-0.4, -0.2) is 29.9 Å². The lowest BCUT2D eigenvalue weighted by Crippen LogP contribution is -2.00. The number of hydrogen-bond donors (Lipinski definition) is 1. The molecule has 0 amide bonds. The van der Waals surface area contributed by atoms with Gasteiger partial charge in [-0.2, -0.15) is 10.2 Å². The molecule has 0 fully saturated rings. The fourth-order valence-electron chi connectivity index (χ4n) is 2.44. The number of nitrogens with one attached hydrogen (secondary N) is 1. The summed E-state index contributed by atoms with van der Waals surface area (Å²) in [6, 6.07) is 7.73. The van der Waals surface area contributed by atoms with Gasteiger partial charge in [-0.05, 0) is 36.8 Å². The van der Waals surface area contributed by atoms with Gasteiger partial charge in [0, 0.05) is 30.6 Å². The van der Waals surface area contributed by atoms with Gasteiger partial charge in [-0.1, -0.05) is 0 Å². The zero-order valence-corrected chi connectivity index (χ0v) is 13.3. The standard InChI is InChI=1S/C17H15N7/c1-11-5-6-19-23-17(11)22-16-4-3-14-15(21-16)7-12(8-18-14)13-9-20-24(2)10-13/h3-10H,1-2H3,(H,21,22,23). The molecule has 7 nitrogen and oxygen atoms in total. The molecular weight excluding hydrogens is 302 g/mol. The highest BCUT2D eigenvalue weighted by molar-refractivity contribution is 5.81. The second kappa shape index (κ2) is 5.69. The fraction of sp³-hybridized carbons (Fsp3) is 0.118. The lowest BCUT2D eigenvalue weighted by Gasteiger charge is -2.07. The SMILES string of the molecule is Cc1ccnnc1Nc1ccc2ncc(-c3cnn(C)c3)cc2n1. The van der Waals surface area contributed by atoms with E-state index in [1.54, 1.807) is 10.9 Å². The maximum atomic E-state index is 4.64. The summed E-state index contributed by atoms with van der Waals surface area (Å²) < 4.78 is 1.77. The Balaban J connectivity index is 1.72. The fourth-order valence-corrected chi connectivity index (χ4v) is 2.44. The molecule has 0 saturated heterocycles. The molecule has 0 aliphatic carbocycles. The minimum absolute atomic E-state index is 0.695. The number of rotatable bonds is 3. The first kappa shape index (κ1) is 14.3. The molecule has 4 aromatic heterocycles. The molecule has 0 radical (unpaired) electrons. The van der Waals surface area contributed by atoms with Crippen LogP contribution in [0.15, 0.2) is 49.1 Å². The molecule has 1 N–H and O–H groups in total. The monoisotopic (exact) mass is 317 g/mol. The molecule has 0 unspecified atom stereocenters. The van der Waals surface area contributed by atoms with Crippen LogP contribution in [0.25, 0.3) is 22.2 Å². The predicted molar refractivity (Wildman–Crippen MR) is 91.8 cm³/mol. The van der Waals surface area contributed by atoms with Crippen molar-refractivity contribution in [1.29, 1.82) is 0 Å². The van der Waals surface area contributed by atoms with Crippen LogP contribution in [0.2, 0.25) is 0 Å². The molecule has 7 heteroatoms. The van der Waals surface area contributed by atoms with Crippen molar-refractivity contribution in [3.8, 4) is 11.1 Å². The Bertz CT molecular complexity index is 1020. The zero-order valence-electron chi connectivity index (χ0n) is 13.3. The third-order valence-corrected chi connectivity index (χ3v) is 3.74. The molecule has 0 aliphatic rings. The molecule has 0 atom stereocenters. The van der Waals surface area contributed by atoms with Gasteiger partial charge in [0.05, 0.1) is 23.4 Å². The van der Waals surface area contributed by atoms with Crippen molar-refractivity contribution in [3.05, 3.63) is 54.6 Å². The van der Waals surface area contributed by atoms with Gasteiger partial charge in [0.25, 0.3) is 0 Å². The van der Waals surface area contributed by atoms with Crippen LogP contribution < -0.4 is 5.32 Å². The van der Waals surface area contributed by atoms with Crippen LogP contribution in [-0.2, 0) is 7.05 Å². The average Bonchev–Trinajstić information content (AvgIpc) is 3.03. The van der Waals surface area contributed by atoms with E-state index in [1.807, 2.05) is 56.8 Å². The molecule has 0 bridgehead atoms. The van der Waals surface area contributed by atoms with Crippen LogP contribution >= 0.6 is 0 Å². The van der Waals surface area contributed by atoms with Crippen LogP contribution in [0.4, 0.5) is 11.6 Å². The largest absolute Gasteiger partial charge is 0.323 e. The molecule has 24 heavy (non-hydrogen) atoms. The van der Waals surface area contributed by atoms with Crippen LogP contribution in [0.5, 0.6) is 0 Å². The summed E-state index contributed by atoms with van der Waals surface area (Å²) >= 11 is 0. The first-order chi connectivity index (χ1) is 11.7. The minimum Gasteiger partial charge on any atom is -0.323 e. The maximum Gasteiger partial charge on any atom is 0.157 e. The summed E-state index contributed by atoms with van der Waals surface area (Å²) in [7, 11) is 1.89. The van der Waals surface area contributed by atoms with Gasteiger partial charge in [-0.15, -0.1) is 5.10 Å². The van der Waals surface area contributed by atoms with Crippen LogP contribution in [0.1, 0.15) is 5.56 Å². The lowest BCUT2D eigenvalue weighted by molar-refractivity contribution is 0.768. The topological polar surface area (TPSA) is 81.4 Å². The summed E-state index contributed by atoms with van der Waals surface area (Å²) in [5, 5.41) is 15.4. The van der Waals surface area contributed by atoms with Gasteiger partial charge < -0.3 is 5.32 Å². The molecule has 0 saturated carbocycles. The highest BCUT2D eigenvalue weighted by Crippen LogP contribution is 2.23. The lowest BCUT2D eigenvalue weighted by atomic mass is 10.1. The Labute approximate surface area is 138 Å². The Kier molecular flexibility index (Phi) is 3.38. The number of pyridine rings is 2. The van der Waals surface area contributed by atoms with Gasteiger partial charge >= 0.3 is 0 Å². The van der Waals surface area contributed by atoms with Gasteiger partial charge in [-0.25, -0.2) is 4.98 Å². The Morgan fingerprint density at radius 2 is 1.96 bits per heavy atom. The second-order valence-electron chi connectivity index (χ2n) is 5.55. The summed E-state index contributed by atoms with van der Waals surface area (Å²) in [6.07, 6.45) is 7.26. The first-order valence-electron chi connectivity index (χ1n) is 7.50. The maximum absolute atomic E-state index is 4.64. The van der Waals surface area contributed by atoms with E-state index in [9.17, 15) is 0 Å². The number of aryl methyl sites for hydroxylation is 2.